The molecule has 1 heterocycles. The molecule has 3 aromatic rings. The van der Waals surface area contributed by atoms with Crippen molar-refractivity contribution in [3.8, 4) is 0 Å². The molecule has 3 rings (SSSR count). The lowest BCUT2D eigenvalue weighted by atomic mass is 10.0. The molecule has 1 aromatic heterocycles. The van der Waals surface area contributed by atoms with Gasteiger partial charge in [-0.2, -0.15) is 0 Å². The Morgan fingerprint density at radius 3 is 2.76 bits per heavy atom. The van der Waals surface area contributed by atoms with Crippen molar-refractivity contribution in [3.63, 3.8) is 0 Å². The Hall–Kier alpha value is -2.39. The van der Waals surface area contributed by atoms with E-state index in [4.69, 9.17) is 11.6 Å². The van der Waals surface area contributed by atoms with Crippen molar-refractivity contribution in [1.29, 1.82) is 0 Å². The van der Waals surface area contributed by atoms with Crippen LogP contribution in [0.2, 0.25) is 5.15 Å². The van der Waals surface area contributed by atoms with Crippen LogP contribution in [0, 0.1) is 0 Å². The van der Waals surface area contributed by atoms with Crippen LogP contribution in [0.15, 0.2) is 48.5 Å². The van der Waals surface area contributed by atoms with Gasteiger partial charge < -0.3 is 4.57 Å². The summed E-state index contributed by atoms with van der Waals surface area (Å²) in [6.45, 7) is 2.15. The van der Waals surface area contributed by atoms with Crippen LogP contribution in [0.1, 0.15) is 41.6 Å². The first-order valence-corrected chi connectivity index (χ1v) is 8.91. The Kier molecular flexibility index (Phi) is 5.34. The summed E-state index contributed by atoms with van der Waals surface area (Å²) in [7, 11) is 1.94. The van der Waals surface area contributed by atoms with Gasteiger partial charge in [0, 0.05) is 19.0 Å². The highest BCUT2D eigenvalue weighted by Crippen LogP contribution is 2.22. The Labute approximate surface area is 153 Å². The van der Waals surface area contributed by atoms with Crippen LogP contribution >= 0.6 is 11.6 Å². The number of benzene rings is 2. The third kappa shape index (κ3) is 3.67. The number of fused-ring (bicyclic) bond motifs is 1. The van der Waals surface area contributed by atoms with Crippen LogP contribution in [-0.4, -0.2) is 15.3 Å². The quantitative estimate of drug-likeness (QED) is 0.435. The molecule has 0 saturated heterocycles. The first-order valence-electron chi connectivity index (χ1n) is 8.53. The molecule has 3 nitrogen and oxygen atoms in total. The van der Waals surface area contributed by atoms with E-state index in [1.54, 1.807) is 12.2 Å². The number of hydrogen-bond donors (Lipinski definition) is 0. The molecular weight excluding hydrogens is 332 g/mol. The third-order valence-electron chi connectivity index (χ3n) is 4.39. The minimum Gasteiger partial charge on any atom is -0.330 e. The maximum Gasteiger partial charge on any atom is 0.186 e. The number of allylic oxidation sites excluding steroid dienone is 1. The van der Waals surface area contributed by atoms with Gasteiger partial charge in [0.05, 0.1) is 5.69 Å². The molecule has 4 heteroatoms. The molecule has 0 aliphatic rings. The van der Waals surface area contributed by atoms with Gasteiger partial charge in [-0.1, -0.05) is 67.4 Å². The largest absolute Gasteiger partial charge is 0.330 e. The fraction of sp³-hybridized carbons (Fsp3) is 0.238. The smallest absolute Gasteiger partial charge is 0.186 e. The summed E-state index contributed by atoms with van der Waals surface area (Å²) in [6, 6.07) is 13.7. The summed E-state index contributed by atoms with van der Waals surface area (Å²) in [5.74, 6) is 0.910. The zero-order valence-electron chi connectivity index (χ0n) is 14.5. The highest BCUT2D eigenvalue weighted by molar-refractivity contribution is 6.31. The second-order valence-electron chi connectivity index (χ2n) is 6.09. The average Bonchev–Trinajstić information content (AvgIpc) is 2.90. The van der Waals surface area contributed by atoms with Crippen LogP contribution < -0.4 is 0 Å². The molecule has 2 aromatic carbocycles. The molecule has 0 N–H and O–H groups in total. The maximum absolute atomic E-state index is 12.7. The minimum atomic E-state index is -0.0378. The number of carbonyl (C=O) groups excluding carboxylic acids is 1. The second-order valence-corrected chi connectivity index (χ2v) is 6.45. The van der Waals surface area contributed by atoms with E-state index in [0.29, 0.717) is 10.7 Å². The van der Waals surface area contributed by atoms with Crippen molar-refractivity contribution in [3.05, 3.63) is 70.8 Å². The van der Waals surface area contributed by atoms with E-state index < -0.39 is 0 Å². The van der Waals surface area contributed by atoms with Crippen molar-refractivity contribution in [2.75, 3.05) is 0 Å². The van der Waals surface area contributed by atoms with E-state index >= 15 is 0 Å². The predicted octanol–water partition coefficient (Wildman–Crippen LogP) is 5.47. The standard InChI is InChI=1S/C21H21ClN2O/c1-3-4-12-20-23-21(22)18(24(20)2)13-14-19(25)17-11-7-9-15-8-5-6-10-16(15)17/h5-11,13-14H,3-4,12H2,1-2H3/b14-13+. The molecule has 0 amide bonds. The number of carbonyl (C=O) groups is 1. The van der Waals surface area contributed by atoms with Gasteiger partial charge >= 0.3 is 0 Å². The Bertz CT molecular complexity index is 935. The molecule has 0 aliphatic heterocycles. The van der Waals surface area contributed by atoms with Crippen molar-refractivity contribution in [2.45, 2.75) is 26.2 Å². The van der Waals surface area contributed by atoms with Gasteiger partial charge in [0.2, 0.25) is 0 Å². The maximum atomic E-state index is 12.7. The number of halogens is 1. The van der Waals surface area contributed by atoms with E-state index in [1.807, 2.05) is 54.1 Å². The fourth-order valence-corrected chi connectivity index (χ4v) is 3.23. The topological polar surface area (TPSA) is 34.9 Å². The highest BCUT2D eigenvalue weighted by atomic mass is 35.5. The fourth-order valence-electron chi connectivity index (χ4n) is 2.95. The number of nitrogens with zero attached hydrogens (tertiary/aromatic N) is 2. The second kappa shape index (κ2) is 7.66. The van der Waals surface area contributed by atoms with Crippen LogP contribution in [0.5, 0.6) is 0 Å². The first kappa shape index (κ1) is 17.4. The molecule has 0 unspecified atom stereocenters. The van der Waals surface area contributed by atoms with Gasteiger partial charge in [0.25, 0.3) is 0 Å². The summed E-state index contributed by atoms with van der Waals surface area (Å²) in [5, 5.41) is 2.46. The lowest BCUT2D eigenvalue weighted by Crippen LogP contribution is -2.00. The van der Waals surface area contributed by atoms with E-state index in [0.717, 1.165) is 41.6 Å². The molecule has 0 saturated carbocycles. The van der Waals surface area contributed by atoms with Crippen LogP contribution in [0.3, 0.4) is 0 Å². The third-order valence-corrected chi connectivity index (χ3v) is 4.67. The van der Waals surface area contributed by atoms with Gasteiger partial charge in [-0.15, -0.1) is 0 Å². The molecule has 25 heavy (non-hydrogen) atoms. The van der Waals surface area contributed by atoms with Crippen LogP contribution in [0.25, 0.3) is 16.8 Å². The zero-order valence-corrected chi connectivity index (χ0v) is 15.3. The van der Waals surface area contributed by atoms with Crippen molar-refractivity contribution in [2.24, 2.45) is 7.05 Å². The molecule has 0 bridgehead atoms. The minimum absolute atomic E-state index is 0.0378. The number of hydrogen-bond acceptors (Lipinski definition) is 2. The summed E-state index contributed by atoms with van der Waals surface area (Å²) in [6.07, 6.45) is 6.40. The van der Waals surface area contributed by atoms with E-state index in [-0.39, 0.29) is 5.78 Å². The number of imidazole rings is 1. The van der Waals surface area contributed by atoms with Gasteiger partial charge in [-0.3, -0.25) is 4.79 Å². The van der Waals surface area contributed by atoms with Crippen LogP contribution in [-0.2, 0) is 13.5 Å². The van der Waals surface area contributed by atoms with E-state index in [1.165, 1.54) is 0 Å². The average molecular weight is 353 g/mol. The Morgan fingerprint density at radius 1 is 1.20 bits per heavy atom. The van der Waals surface area contributed by atoms with Crippen molar-refractivity contribution in [1.82, 2.24) is 9.55 Å². The zero-order chi connectivity index (χ0) is 17.8. The summed E-state index contributed by atoms with van der Waals surface area (Å²) in [4.78, 5) is 17.1. The van der Waals surface area contributed by atoms with E-state index in [9.17, 15) is 4.79 Å². The van der Waals surface area contributed by atoms with E-state index in [2.05, 4.69) is 11.9 Å². The normalized spacial score (nSPS) is 11.5. The molecule has 0 radical (unpaired) electrons. The molecule has 128 valence electrons. The predicted molar refractivity (Wildman–Crippen MR) is 104 cm³/mol. The van der Waals surface area contributed by atoms with Crippen molar-refractivity contribution >= 4 is 34.2 Å². The molecule has 0 atom stereocenters. The molecular formula is C21H21ClN2O. The SMILES string of the molecule is CCCCc1nc(Cl)c(/C=C/C(=O)c2cccc3ccccc23)n1C. The number of unbranched alkanes of at least 4 members (excludes halogenated alkanes) is 1. The number of rotatable bonds is 6. The van der Waals surface area contributed by atoms with Crippen LogP contribution in [0.4, 0.5) is 0 Å². The summed E-state index contributed by atoms with van der Waals surface area (Å²) < 4.78 is 1.96. The van der Waals surface area contributed by atoms with Gasteiger partial charge in [-0.25, -0.2) is 4.98 Å². The Balaban J connectivity index is 1.89. The van der Waals surface area contributed by atoms with Gasteiger partial charge in [0.1, 0.15) is 5.82 Å². The monoisotopic (exact) mass is 352 g/mol. The summed E-state index contributed by atoms with van der Waals surface area (Å²) in [5.41, 5.74) is 1.46. The molecule has 0 spiro atoms. The first-order chi connectivity index (χ1) is 12.1. The molecule has 0 fully saturated rings. The van der Waals surface area contributed by atoms with Gasteiger partial charge in [0.15, 0.2) is 10.9 Å². The number of ketones is 1. The number of aromatic nitrogens is 2. The van der Waals surface area contributed by atoms with Crippen molar-refractivity contribution < 1.29 is 4.79 Å². The molecule has 0 aliphatic carbocycles. The highest BCUT2D eigenvalue weighted by Gasteiger charge is 2.12. The summed E-state index contributed by atoms with van der Waals surface area (Å²) >= 11 is 6.26. The lowest BCUT2D eigenvalue weighted by molar-refractivity contribution is 0.104. The lowest BCUT2D eigenvalue weighted by Gasteiger charge is -2.04. The van der Waals surface area contributed by atoms with Gasteiger partial charge in [-0.05, 0) is 29.3 Å². The number of aryl methyl sites for hydroxylation is 1. The Morgan fingerprint density at radius 2 is 1.96 bits per heavy atom.